The third kappa shape index (κ3) is 3.70. The molecule has 1 aromatic rings. The molecule has 0 saturated carbocycles. The highest BCUT2D eigenvalue weighted by Gasteiger charge is 2.38. The number of carbonyl (C=O) groups is 2. The van der Waals surface area contributed by atoms with Gasteiger partial charge in [-0.1, -0.05) is 24.3 Å². The minimum atomic E-state index is -0.983. The predicted octanol–water partition coefficient (Wildman–Crippen LogP) is 0.879. The van der Waals surface area contributed by atoms with Gasteiger partial charge in [0.2, 0.25) is 11.8 Å². The van der Waals surface area contributed by atoms with Crippen molar-refractivity contribution in [2.24, 2.45) is 5.73 Å². The number of aryl methyl sites for hydroxylation is 1. The topological polar surface area (TPSA) is 95.7 Å². The van der Waals surface area contributed by atoms with Crippen molar-refractivity contribution in [2.45, 2.75) is 63.3 Å². The fourth-order valence-electron chi connectivity index (χ4n) is 3.87. The highest BCUT2D eigenvalue weighted by Crippen LogP contribution is 2.30. The number of nitrogens with two attached hydrogens (primary N) is 1. The molecule has 0 spiro atoms. The summed E-state index contributed by atoms with van der Waals surface area (Å²) in [6, 6.07) is 6.73. The average molecular weight is 345 g/mol. The van der Waals surface area contributed by atoms with Crippen LogP contribution in [0.5, 0.6) is 0 Å². The Morgan fingerprint density at radius 3 is 2.80 bits per heavy atom. The van der Waals surface area contributed by atoms with Crippen LogP contribution in [0.1, 0.15) is 49.8 Å². The number of aliphatic hydroxyl groups is 1. The van der Waals surface area contributed by atoms with E-state index in [2.05, 4.69) is 17.4 Å². The van der Waals surface area contributed by atoms with Crippen molar-refractivity contribution in [2.75, 3.05) is 6.54 Å². The maximum atomic E-state index is 12.8. The summed E-state index contributed by atoms with van der Waals surface area (Å²) >= 11 is 0. The standard InChI is InChI=1S/C19H27N3O3/c1-12(23)17(20)19(25)22-11-5-10-16(22)18(24)21-15-9-4-7-13-6-2-3-8-14(13)15/h2-3,6,8,12,15-17,23H,4-5,7,9-11,20H2,1H3,(H,21,24)/t12-,15-,16+,17+/m1/s1. The molecular weight excluding hydrogens is 318 g/mol. The summed E-state index contributed by atoms with van der Waals surface area (Å²) in [5, 5.41) is 12.7. The highest BCUT2D eigenvalue weighted by atomic mass is 16.3. The van der Waals surface area contributed by atoms with Crippen molar-refractivity contribution in [1.29, 1.82) is 0 Å². The number of amides is 2. The highest BCUT2D eigenvalue weighted by molar-refractivity contribution is 5.90. The van der Waals surface area contributed by atoms with Gasteiger partial charge in [0, 0.05) is 6.54 Å². The minimum Gasteiger partial charge on any atom is -0.391 e. The number of likely N-dealkylation sites (tertiary alicyclic amines) is 1. The van der Waals surface area contributed by atoms with Gasteiger partial charge < -0.3 is 21.1 Å². The molecule has 4 N–H and O–H groups in total. The molecule has 1 aliphatic carbocycles. The lowest BCUT2D eigenvalue weighted by molar-refractivity contribution is -0.141. The number of rotatable bonds is 4. The summed E-state index contributed by atoms with van der Waals surface area (Å²) in [5.74, 6) is -0.470. The van der Waals surface area contributed by atoms with Gasteiger partial charge in [0.05, 0.1) is 12.1 Å². The van der Waals surface area contributed by atoms with Gasteiger partial charge in [-0.05, 0) is 50.2 Å². The molecule has 3 rings (SSSR count). The van der Waals surface area contributed by atoms with Gasteiger partial charge in [0.1, 0.15) is 12.1 Å². The SMILES string of the molecule is C[C@@H](O)[C@H](N)C(=O)N1CCC[C@H]1C(=O)N[C@@H]1CCCc2ccccc21. The summed E-state index contributed by atoms with van der Waals surface area (Å²) in [6.45, 7) is 2.01. The molecule has 4 atom stereocenters. The number of hydrogen-bond donors (Lipinski definition) is 3. The fourth-order valence-corrected chi connectivity index (χ4v) is 3.87. The lowest BCUT2D eigenvalue weighted by atomic mass is 9.87. The Morgan fingerprint density at radius 1 is 1.28 bits per heavy atom. The van der Waals surface area contributed by atoms with E-state index in [9.17, 15) is 14.7 Å². The van der Waals surface area contributed by atoms with E-state index in [1.807, 2.05) is 12.1 Å². The van der Waals surface area contributed by atoms with Crippen LogP contribution in [0, 0.1) is 0 Å². The summed E-state index contributed by atoms with van der Waals surface area (Å²) in [5.41, 5.74) is 8.24. The molecule has 1 aliphatic heterocycles. The van der Waals surface area contributed by atoms with E-state index in [1.54, 1.807) is 0 Å². The van der Waals surface area contributed by atoms with Crippen LogP contribution in [-0.2, 0) is 16.0 Å². The molecule has 6 nitrogen and oxygen atoms in total. The van der Waals surface area contributed by atoms with Crippen molar-refractivity contribution in [3.63, 3.8) is 0 Å². The molecule has 25 heavy (non-hydrogen) atoms. The van der Waals surface area contributed by atoms with E-state index in [1.165, 1.54) is 23.0 Å². The van der Waals surface area contributed by atoms with Gasteiger partial charge in [-0.2, -0.15) is 0 Å². The Morgan fingerprint density at radius 2 is 2.04 bits per heavy atom. The van der Waals surface area contributed by atoms with Crippen molar-refractivity contribution < 1.29 is 14.7 Å². The third-order valence-corrected chi connectivity index (χ3v) is 5.33. The molecule has 1 fully saturated rings. The van der Waals surface area contributed by atoms with Crippen molar-refractivity contribution in [3.05, 3.63) is 35.4 Å². The molecule has 2 aliphatic rings. The molecule has 1 aromatic carbocycles. The molecule has 1 saturated heterocycles. The lowest BCUT2D eigenvalue weighted by Gasteiger charge is -2.31. The molecule has 0 aromatic heterocycles. The smallest absolute Gasteiger partial charge is 0.243 e. The molecular formula is C19H27N3O3. The molecule has 1 heterocycles. The van der Waals surface area contributed by atoms with Crippen molar-refractivity contribution in [3.8, 4) is 0 Å². The lowest BCUT2D eigenvalue weighted by Crippen LogP contribution is -2.54. The Labute approximate surface area is 148 Å². The van der Waals surface area contributed by atoms with Gasteiger partial charge in [-0.25, -0.2) is 0 Å². The van der Waals surface area contributed by atoms with Crippen LogP contribution in [0.4, 0.5) is 0 Å². The number of benzene rings is 1. The number of fused-ring (bicyclic) bond motifs is 1. The van der Waals surface area contributed by atoms with Crippen LogP contribution in [-0.4, -0.2) is 46.6 Å². The van der Waals surface area contributed by atoms with Crippen LogP contribution in [0.15, 0.2) is 24.3 Å². The molecule has 2 amide bonds. The van der Waals surface area contributed by atoms with E-state index < -0.39 is 18.2 Å². The predicted molar refractivity (Wildman–Crippen MR) is 94.7 cm³/mol. The van der Waals surface area contributed by atoms with E-state index in [0.717, 1.165) is 25.7 Å². The number of aliphatic hydroxyl groups excluding tert-OH is 1. The molecule has 0 bridgehead atoms. The summed E-state index contributed by atoms with van der Waals surface area (Å²) < 4.78 is 0. The zero-order valence-corrected chi connectivity index (χ0v) is 14.6. The number of nitrogens with one attached hydrogen (secondary N) is 1. The van der Waals surface area contributed by atoms with E-state index in [4.69, 9.17) is 5.73 Å². The monoisotopic (exact) mass is 345 g/mol. The first-order valence-corrected chi connectivity index (χ1v) is 9.11. The second kappa shape index (κ2) is 7.54. The van der Waals surface area contributed by atoms with Gasteiger partial charge in [-0.3, -0.25) is 9.59 Å². The number of hydrogen-bond acceptors (Lipinski definition) is 4. The fraction of sp³-hybridized carbons (Fsp3) is 0.579. The molecule has 0 unspecified atom stereocenters. The van der Waals surface area contributed by atoms with Crippen molar-refractivity contribution in [1.82, 2.24) is 10.2 Å². The first-order valence-electron chi connectivity index (χ1n) is 9.11. The van der Waals surface area contributed by atoms with Crippen LogP contribution < -0.4 is 11.1 Å². The Bertz CT molecular complexity index is 647. The molecule has 6 heteroatoms. The quantitative estimate of drug-likeness (QED) is 0.755. The summed E-state index contributed by atoms with van der Waals surface area (Å²) in [7, 11) is 0. The second-order valence-electron chi connectivity index (χ2n) is 7.11. The van der Waals surface area contributed by atoms with Gasteiger partial charge in [-0.15, -0.1) is 0 Å². The maximum absolute atomic E-state index is 12.8. The molecule has 136 valence electrons. The van der Waals surface area contributed by atoms with E-state index in [0.29, 0.717) is 13.0 Å². The zero-order chi connectivity index (χ0) is 18.0. The Kier molecular flexibility index (Phi) is 5.39. The summed E-state index contributed by atoms with van der Waals surface area (Å²) in [6.07, 6.45) is 3.48. The Balaban J connectivity index is 1.70. The largest absolute Gasteiger partial charge is 0.391 e. The van der Waals surface area contributed by atoms with Crippen LogP contribution >= 0.6 is 0 Å². The van der Waals surface area contributed by atoms with Crippen LogP contribution in [0.25, 0.3) is 0 Å². The Hall–Kier alpha value is -1.92. The van der Waals surface area contributed by atoms with Gasteiger partial charge >= 0.3 is 0 Å². The van der Waals surface area contributed by atoms with Crippen LogP contribution in [0.2, 0.25) is 0 Å². The third-order valence-electron chi connectivity index (χ3n) is 5.33. The van der Waals surface area contributed by atoms with Crippen LogP contribution in [0.3, 0.4) is 0 Å². The minimum absolute atomic E-state index is 0.000408. The van der Waals surface area contributed by atoms with Gasteiger partial charge in [0.25, 0.3) is 0 Å². The van der Waals surface area contributed by atoms with Gasteiger partial charge in [0.15, 0.2) is 0 Å². The van der Waals surface area contributed by atoms with E-state index >= 15 is 0 Å². The number of nitrogens with zero attached hydrogens (tertiary/aromatic N) is 1. The number of carbonyl (C=O) groups excluding carboxylic acids is 2. The first-order chi connectivity index (χ1) is 12.0. The maximum Gasteiger partial charge on any atom is 0.243 e. The average Bonchev–Trinajstić information content (AvgIpc) is 3.10. The second-order valence-corrected chi connectivity index (χ2v) is 7.11. The summed E-state index contributed by atoms with van der Waals surface area (Å²) in [4.78, 5) is 26.8. The normalized spacial score (nSPS) is 25.2. The zero-order valence-electron chi connectivity index (χ0n) is 14.6. The molecule has 0 radical (unpaired) electrons. The first kappa shape index (κ1) is 17.9. The van der Waals surface area contributed by atoms with Crippen molar-refractivity contribution >= 4 is 11.8 Å². The van der Waals surface area contributed by atoms with E-state index in [-0.39, 0.29) is 17.9 Å².